The number of ether oxygens (including phenoxy) is 1. The van der Waals surface area contributed by atoms with Crippen LogP contribution in [-0.4, -0.2) is 24.5 Å². The average molecular weight is 341 g/mol. The molecule has 0 spiro atoms. The first-order chi connectivity index (χ1) is 9.19. The van der Waals surface area contributed by atoms with E-state index < -0.39 is 0 Å². The average Bonchev–Trinajstić information content (AvgIpc) is 2.86. The number of hydrogen-bond acceptors (Lipinski definition) is 4. The van der Waals surface area contributed by atoms with Gasteiger partial charge in [0.25, 0.3) is 5.91 Å². The lowest BCUT2D eigenvalue weighted by molar-refractivity contribution is 0.0949. The van der Waals surface area contributed by atoms with Crippen molar-refractivity contribution in [2.45, 2.75) is 6.42 Å². The first-order valence-corrected chi connectivity index (χ1v) is 7.38. The smallest absolute Gasteiger partial charge is 0.270 e. The lowest BCUT2D eigenvalue weighted by Gasteiger charge is -2.05. The maximum absolute atomic E-state index is 11.7. The molecule has 1 N–H and O–H groups in total. The zero-order valence-corrected chi connectivity index (χ0v) is 12.8. The largest absolute Gasteiger partial charge is 0.497 e. The summed E-state index contributed by atoms with van der Waals surface area (Å²) in [5, 5.41) is 4.57. The number of rotatable bonds is 5. The van der Waals surface area contributed by atoms with Crippen molar-refractivity contribution in [3.63, 3.8) is 0 Å². The monoisotopic (exact) mass is 340 g/mol. The molecule has 4 nitrogen and oxygen atoms in total. The number of benzene rings is 1. The van der Waals surface area contributed by atoms with E-state index in [1.165, 1.54) is 11.3 Å². The number of nitrogens with one attached hydrogen (secondary N) is 1. The van der Waals surface area contributed by atoms with E-state index in [0.29, 0.717) is 16.2 Å². The second-order valence-electron chi connectivity index (χ2n) is 3.84. The van der Waals surface area contributed by atoms with Crippen LogP contribution in [0, 0.1) is 0 Å². The van der Waals surface area contributed by atoms with E-state index in [1.54, 1.807) is 12.5 Å². The van der Waals surface area contributed by atoms with Crippen LogP contribution >= 0.6 is 27.3 Å². The Morgan fingerprint density at radius 3 is 2.74 bits per heavy atom. The third-order valence-electron chi connectivity index (χ3n) is 2.57. The summed E-state index contributed by atoms with van der Waals surface area (Å²) in [5.41, 5.74) is 1.60. The summed E-state index contributed by atoms with van der Waals surface area (Å²) < 4.78 is 5.81. The summed E-state index contributed by atoms with van der Waals surface area (Å²) in [6.07, 6.45) is 0.779. The molecule has 2 aromatic rings. The Morgan fingerprint density at radius 1 is 1.42 bits per heavy atom. The van der Waals surface area contributed by atoms with Gasteiger partial charge in [-0.05, 0) is 40.0 Å². The predicted octanol–water partition coefficient (Wildman–Crippen LogP) is 2.89. The fraction of sp³-hybridized carbons (Fsp3) is 0.231. The Balaban J connectivity index is 1.81. The molecule has 19 heavy (non-hydrogen) atoms. The number of nitrogens with zero attached hydrogens (tertiary/aromatic N) is 1. The molecule has 0 atom stereocenters. The van der Waals surface area contributed by atoms with Crippen molar-refractivity contribution < 1.29 is 9.53 Å². The molecular weight excluding hydrogens is 328 g/mol. The summed E-state index contributed by atoms with van der Waals surface area (Å²) >= 11 is 4.63. The van der Waals surface area contributed by atoms with Crippen LogP contribution in [0.4, 0.5) is 0 Å². The highest BCUT2D eigenvalue weighted by Gasteiger charge is 2.08. The highest BCUT2D eigenvalue weighted by molar-refractivity contribution is 9.11. The summed E-state index contributed by atoms with van der Waals surface area (Å²) in [6, 6.07) is 7.80. The SMILES string of the molecule is COc1ccc(CCNC(=O)c2csc(Br)n2)cc1. The van der Waals surface area contributed by atoms with E-state index in [-0.39, 0.29) is 5.91 Å². The molecule has 0 aliphatic heterocycles. The van der Waals surface area contributed by atoms with Gasteiger partial charge < -0.3 is 10.1 Å². The van der Waals surface area contributed by atoms with Crippen molar-refractivity contribution in [1.82, 2.24) is 10.3 Å². The minimum absolute atomic E-state index is 0.143. The predicted molar refractivity (Wildman–Crippen MR) is 78.8 cm³/mol. The summed E-state index contributed by atoms with van der Waals surface area (Å²) in [5.74, 6) is 0.690. The van der Waals surface area contributed by atoms with Crippen LogP contribution in [0.1, 0.15) is 16.1 Å². The quantitative estimate of drug-likeness (QED) is 0.910. The number of carbonyl (C=O) groups is 1. The molecule has 0 saturated carbocycles. The van der Waals surface area contributed by atoms with E-state index in [1.807, 2.05) is 24.3 Å². The number of carbonyl (C=O) groups excluding carboxylic acids is 1. The number of thiazole rings is 1. The molecule has 2 rings (SSSR count). The molecule has 1 aromatic heterocycles. The second-order valence-corrected chi connectivity index (χ2v) is 5.97. The van der Waals surface area contributed by atoms with Gasteiger partial charge in [-0.15, -0.1) is 11.3 Å². The summed E-state index contributed by atoms with van der Waals surface area (Å²) in [4.78, 5) is 15.8. The third kappa shape index (κ3) is 4.04. The molecule has 1 heterocycles. The van der Waals surface area contributed by atoms with E-state index in [2.05, 4.69) is 26.2 Å². The van der Waals surface area contributed by atoms with Gasteiger partial charge >= 0.3 is 0 Å². The molecule has 0 unspecified atom stereocenters. The van der Waals surface area contributed by atoms with Crippen LogP contribution in [0.5, 0.6) is 5.75 Å². The van der Waals surface area contributed by atoms with Gasteiger partial charge in [-0.3, -0.25) is 4.79 Å². The van der Waals surface area contributed by atoms with Crippen molar-refractivity contribution >= 4 is 33.2 Å². The minimum Gasteiger partial charge on any atom is -0.497 e. The standard InChI is InChI=1S/C13H13BrN2O2S/c1-18-10-4-2-9(3-5-10)6-7-15-12(17)11-8-19-13(14)16-11/h2-5,8H,6-7H2,1H3,(H,15,17). The molecule has 0 aliphatic carbocycles. The molecule has 1 aromatic carbocycles. The van der Waals surface area contributed by atoms with Gasteiger partial charge in [0.05, 0.1) is 7.11 Å². The van der Waals surface area contributed by atoms with Crippen LogP contribution in [0.3, 0.4) is 0 Å². The molecule has 1 amide bonds. The maximum atomic E-state index is 11.7. The lowest BCUT2D eigenvalue weighted by Crippen LogP contribution is -2.25. The Kier molecular flexibility index (Phi) is 4.93. The zero-order valence-electron chi connectivity index (χ0n) is 10.4. The molecule has 100 valence electrons. The van der Waals surface area contributed by atoms with Crippen LogP contribution in [0.15, 0.2) is 33.6 Å². The van der Waals surface area contributed by atoms with Gasteiger partial charge in [-0.2, -0.15) is 0 Å². The van der Waals surface area contributed by atoms with E-state index in [0.717, 1.165) is 17.7 Å². The van der Waals surface area contributed by atoms with Crippen molar-refractivity contribution in [3.8, 4) is 5.75 Å². The van der Waals surface area contributed by atoms with Crippen LogP contribution in [0.25, 0.3) is 0 Å². The Hall–Kier alpha value is -1.40. The highest BCUT2D eigenvalue weighted by Crippen LogP contribution is 2.15. The molecule has 6 heteroatoms. The molecule has 0 bridgehead atoms. The molecule has 0 saturated heterocycles. The molecule has 0 fully saturated rings. The normalized spacial score (nSPS) is 10.2. The summed E-state index contributed by atoms with van der Waals surface area (Å²) in [7, 11) is 1.64. The Labute approximate surface area is 124 Å². The second kappa shape index (κ2) is 6.68. The Morgan fingerprint density at radius 2 is 2.16 bits per heavy atom. The van der Waals surface area contributed by atoms with Crippen LogP contribution in [0.2, 0.25) is 0 Å². The number of amides is 1. The van der Waals surface area contributed by atoms with Crippen molar-refractivity contribution in [1.29, 1.82) is 0 Å². The molecule has 0 radical (unpaired) electrons. The number of halogens is 1. The van der Waals surface area contributed by atoms with Crippen LogP contribution in [-0.2, 0) is 6.42 Å². The highest BCUT2D eigenvalue weighted by atomic mass is 79.9. The van der Waals surface area contributed by atoms with Gasteiger partial charge in [-0.1, -0.05) is 12.1 Å². The van der Waals surface area contributed by atoms with Gasteiger partial charge in [0, 0.05) is 11.9 Å². The molecule has 0 aliphatic rings. The fourth-order valence-corrected chi connectivity index (χ4v) is 2.55. The number of aromatic nitrogens is 1. The minimum atomic E-state index is -0.143. The van der Waals surface area contributed by atoms with Crippen molar-refractivity contribution in [2.75, 3.05) is 13.7 Å². The first kappa shape index (κ1) is 14.0. The number of hydrogen-bond donors (Lipinski definition) is 1. The van der Waals surface area contributed by atoms with Gasteiger partial charge in [-0.25, -0.2) is 4.98 Å². The van der Waals surface area contributed by atoms with Crippen LogP contribution < -0.4 is 10.1 Å². The maximum Gasteiger partial charge on any atom is 0.270 e. The van der Waals surface area contributed by atoms with Crippen molar-refractivity contribution in [3.05, 3.63) is 44.8 Å². The van der Waals surface area contributed by atoms with E-state index in [4.69, 9.17) is 4.74 Å². The van der Waals surface area contributed by atoms with Gasteiger partial charge in [0.15, 0.2) is 3.92 Å². The first-order valence-electron chi connectivity index (χ1n) is 5.71. The van der Waals surface area contributed by atoms with E-state index in [9.17, 15) is 4.79 Å². The number of methoxy groups -OCH3 is 1. The van der Waals surface area contributed by atoms with Gasteiger partial charge in [0.2, 0.25) is 0 Å². The molecular formula is C13H13BrN2O2S. The fourth-order valence-electron chi connectivity index (χ4n) is 1.56. The third-order valence-corrected chi connectivity index (χ3v) is 3.93. The summed E-state index contributed by atoms with van der Waals surface area (Å²) in [6.45, 7) is 0.584. The van der Waals surface area contributed by atoms with E-state index >= 15 is 0 Å². The lowest BCUT2D eigenvalue weighted by atomic mass is 10.1. The Bertz CT molecular complexity index is 554. The van der Waals surface area contributed by atoms with Gasteiger partial charge in [0.1, 0.15) is 11.4 Å². The zero-order chi connectivity index (χ0) is 13.7. The van der Waals surface area contributed by atoms with Crippen molar-refractivity contribution in [2.24, 2.45) is 0 Å². The topological polar surface area (TPSA) is 51.2 Å².